The monoisotopic (exact) mass is 307 g/mol. The van der Waals surface area contributed by atoms with Gasteiger partial charge in [0.25, 0.3) is 5.91 Å². The first-order valence-electron chi connectivity index (χ1n) is 6.47. The Bertz CT molecular complexity index is 650. The predicted octanol–water partition coefficient (Wildman–Crippen LogP) is 0.661. The maximum Gasteiger partial charge on any atom is 0.323 e. The van der Waals surface area contributed by atoms with Crippen molar-refractivity contribution in [2.75, 3.05) is 13.1 Å². The Morgan fingerprint density at radius 1 is 1.48 bits per heavy atom. The number of hydrogen-bond donors (Lipinski definition) is 1. The van der Waals surface area contributed by atoms with Crippen molar-refractivity contribution in [3.8, 4) is 5.69 Å². The molecule has 0 atom stereocenters. The van der Waals surface area contributed by atoms with Gasteiger partial charge < -0.3 is 10.0 Å². The van der Waals surface area contributed by atoms with Gasteiger partial charge in [0, 0.05) is 6.54 Å². The molecule has 1 saturated carbocycles. The predicted molar refractivity (Wildman–Crippen MR) is 73.3 cm³/mol. The van der Waals surface area contributed by atoms with Gasteiger partial charge in [-0.25, -0.2) is 0 Å². The van der Waals surface area contributed by atoms with Crippen LogP contribution < -0.4 is 0 Å². The van der Waals surface area contributed by atoms with Crippen LogP contribution in [-0.4, -0.2) is 55.2 Å². The summed E-state index contributed by atoms with van der Waals surface area (Å²) in [6.45, 7) is 0.195. The van der Waals surface area contributed by atoms with Crippen LogP contribution in [0.3, 0.4) is 0 Å². The maximum atomic E-state index is 12.6. The first-order chi connectivity index (χ1) is 10.1. The first-order valence-corrected chi connectivity index (χ1v) is 7.35. The summed E-state index contributed by atoms with van der Waals surface area (Å²) in [4.78, 5) is 25.4. The molecule has 0 unspecified atom stereocenters. The second-order valence-corrected chi connectivity index (χ2v) is 5.83. The number of aromatic nitrogens is 4. The molecule has 1 aliphatic carbocycles. The fraction of sp³-hybridized carbons (Fsp3) is 0.417. The lowest BCUT2D eigenvalue weighted by atomic mass is 10.3. The molecule has 0 aliphatic heterocycles. The Morgan fingerprint density at radius 2 is 2.29 bits per heavy atom. The van der Waals surface area contributed by atoms with Crippen molar-refractivity contribution in [1.29, 1.82) is 0 Å². The Morgan fingerprint density at radius 3 is 2.90 bits per heavy atom. The van der Waals surface area contributed by atoms with Gasteiger partial charge >= 0.3 is 5.97 Å². The number of amides is 1. The van der Waals surface area contributed by atoms with E-state index in [0.717, 1.165) is 12.8 Å². The first kappa shape index (κ1) is 13.7. The lowest BCUT2D eigenvalue weighted by molar-refractivity contribution is -0.137. The molecule has 0 aromatic carbocycles. The number of aliphatic carboxylic acids is 1. The van der Waals surface area contributed by atoms with Crippen molar-refractivity contribution >= 4 is 23.2 Å². The van der Waals surface area contributed by atoms with E-state index in [2.05, 4.69) is 15.5 Å². The second kappa shape index (κ2) is 5.60. The number of nitrogens with zero attached hydrogens (tertiary/aromatic N) is 5. The van der Waals surface area contributed by atoms with Gasteiger partial charge in [0.1, 0.15) is 17.7 Å². The molecule has 1 amide bonds. The lowest BCUT2D eigenvalue weighted by Gasteiger charge is -2.20. The topological polar surface area (TPSA) is 101 Å². The number of carbonyl (C=O) groups excluding carboxylic acids is 1. The molecule has 0 saturated heterocycles. The van der Waals surface area contributed by atoms with Crippen LogP contribution in [0.5, 0.6) is 0 Å². The van der Waals surface area contributed by atoms with Gasteiger partial charge in [-0.15, -0.1) is 16.4 Å². The quantitative estimate of drug-likeness (QED) is 0.841. The van der Waals surface area contributed by atoms with Crippen LogP contribution in [0.4, 0.5) is 0 Å². The molecule has 21 heavy (non-hydrogen) atoms. The molecule has 8 nitrogen and oxygen atoms in total. The highest BCUT2D eigenvalue weighted by molar-refractivity contribution is 7.12. The van der Waals surface area contributed by atoms with Gasteiger partial charge in [-0.1, -0.05) is 0 Å². The van der Waals surface area contributed by atoms with Crippen LogP contribution >= 0.6 is 11.3 Å². The standard InChI is InChI=1S/C12H13N5O3S/c18-10(19)6-16(5-8-1-2-8)12(20)11-9(3-4-21-11)17-7-13-14-15-17/h3-4,7-8H,1-2,5-6H2,(H,18,19). The molecule has 1 fully saturated rings. The Hall–Kier alpha value is -2.29. The fourth-order valence-corrected chi connectivity index (χ4v) is 2.90. The van der Waals surface area contributed by atoms with Crippen molar-refractivity contribution in [3.05, 3.63) is 22.7 Å². The van der Waals surface area contributed by atoms with Crippen LogP contribution in [0.25, 0.3) is 5.69 Å². The zero-order chi connectivity index (χ0) is 14.8. The van der Waals surface area contributed by atoms with E-state index in [9.17, 15) is 9.59 Å². The second-order valence-electron chi connectivity index (χ2n) is 4.91. The van der Waals surface area contributed by atoms with Gasteiger partial charge in [-0.2, -0.15) is 4.68 Å². The maximum absolute atomic E-state index is 12.6. The average Bonchev–Trinajstić information content (AvgIpc) is 2.96. The third kappa shape index (κ3) is 3.07. The van der Waals surface area contributed by atoms with E-state index in [4.69, 9.17) is 5.11 Å². The summed E-state index contributed by atoms with van der Waals surface area (Å²) in [6.07, 6.45) is 3.50. The minimum absolute atomic E-state index is 0.287. The minimum atomic E-state index is -1.01. The number of hydrogen-bond acceptors (Lipinski definition) is 6. The highest BCUT2D eigenvalue weighted by atomic mass is 32.1. The average molecular weight is 307 g/mol. The van der Waals surface area contributed by atoms with Gasteiger partial charge in [-0.3, -0.25) is 9.59 Å². The molecule has 0 radical (unpaired) electrons. The van der Waals surface area contributed by atoms with Crippen LogP contribution in [0.15, 0.2) is 17.8 Å². The van der Waals surface area contributed by atoms with E-state index in [1.807, 2.05) is 0 Å². The summed E-state index contributed by atoms with van der Waals surface area (Å²) >= 11 is 1.26. The van der Waals surface area contributed by atoms with Crippen molar-refractivity contribution in [1.82, 2.24) is 25.1 Å². The lowest BCUT2D eigenvalue weighted by Crippen LogP contribution is -2.37. The Labute approximate surface area is 124 Å². The third-order valence-electron chi connectivity index (χ3n) is 3.22. The molecule has 0 spiro atoms. The molecule has 2 aromatic heterocycles. The molecule has 110 valence electrons. The van der Waals surface area contributed by atoms with E-state index in [1.165, 1.54) is 27.2 Å². The van der Waals surface area contributed by atoms with Crippen molar-refractivity contribution in [3.63, 3.8) is 0 Å². The molecule has 9 heteroatoms. The van der Waals surface area contributed by atoms with Crippen molar-refractivity contribution < 1.29 is 14.7 Å². The molecular weight excluding hydrogens is 294 g/mol. The van der Waals surface area contributed by atoms with Crippen LogP contribution in [0.2, 0.25) is 0 Å². The van der Waals surface area contributed by atoms with E-state index >= 15 is 0 Å². The number of tetrazole rings is 1. The smallest absolute Gasteiger partial charge is 0.323 e. The molecule has 2 aromatic rings. The number of carboxylic acid groups (broad SMARTS) is 1. The fourth-order valence-electron chi connectivity index (χ4n) is 2.05. The molecule has 0 bridgehead atoms. The van der Waals surface area contributed by atoms with Gasteiger partial charge in [0.05, 0.1) is 5.69 Å². The van der Waals surface area contributed by atoms with Crippen LogP contribution in [0.1, 0.15) is 22.5 Å². The Balaban J connectivity index is 1.85. The van der Waals surface area contributed by atoms with E-state index in [1.54, 1.807) is 11.4 Å². The summed E-state index contributed by atoms with van der Waals surface area (Å²) in [5, 5.41) is 21.6. The zero-order valence-corrected chi connectivity index (χ0v) is 11.9. The van der Waals surface area contributed by atoms with E-state index < -0.39 is 5.97 Å². The summed E-state index contributed by atoms with van der Waals surface area (Å²) in [5.41, 5.74) is 0.571. The van der Waals surface area contributed by atoms with Crippen molar-refractivity contribution in [2.24, 2.45) is 5.92 Å². The van der Waals surface area contributed by atoms with Crippen LogP contribution in [0, 0.1) is 5.92 Å². The molecule has 1 N–H and O–H groups in total. The molecule has 2 heterocycles. The third-order valence-corrected chi connectivity index (χ3v) is 4.11. The van der Waals surface area contributed by atoms with Gasteiger partial charge in [0.15, 0.2) is 0 Å². The van der Waals surface area contributed by atoms with E-state index in [0.29, 0.717) is 23.0 Å². The minimum Gasteiger partial charge on any atom is -0.480 e. The Kier molecular flexibility index (Phi) is 3.65. The number of carboxylic acids is 1. The van der Waals surface area contributed by atoms with Gasteiger partial charge in [0.2, 0.25) is 0 Å². The van der Waals surface area contributed by atoms with Crippen LogP contribution in [-0.2, 0) is 4.79 Å². The summed E-state index contributed by atoms with van der Waals surface area (Å²) in [6, 6.07) is 1.74. The number of rotatable bonds is 6. The largest absolute Gasteiger partial charge is 0.480 e. The normalized spacial score (nSPS) is 14.1. The molecular formula is C12H13N5O3S. The highest BCUT2D eigenvalue weighted by Gasteiger charge is 2.30. The molecule has 1 aliphatic rings. The molecule has 3 rings (SSSR count). The van der Waals surface area contributed by atoms with Gasteiger partial charge in [-0.05, 0) is 40.6 Å². The van der Waals surface area contributed by atoms with E-state index in [-0.39, 0.29) is 12.5 Å². The number of carbonyl (C=O) groups is 2. The van der Waals surface area contributed by atoms with Crippen molar-refractivity contribution in [2.45, 2.75) is 12.8 Å². The zero-order valence-electron chi connectivity index (χ0n) is 11.0. The highest BCUT2D eigenvalue weighted by Crippen LogP contribution is 2.31. The SMILES string of the molecule is O=C(O)CN(CC1CC1)C(=O)c1sccc1-n1cnnn1. The number of thiophene rings is 1. The summed E-state index contributed by atoms with van der Waals surface area (Å²) in [7, 11) is 0. The summed E-state index contributed by atoms with van der Waals surface area (Å²) < 4.78 is 1.40. The summed E-state index contributed by atoms with van der Waals surface area (Å²) in [5.74, 6) is -0.876.